The van der Waals surface area contributed by atoms with Crippen LogP contribution in [0.2, 0.25) is 0 Å². The lowest BCUT2D eigenvalue weighted by Crippen LogP contribution is -2.25. The first-order chi connectivity index (χ1) is 17.1. The molecule has 1 saturated heterocycles. The molecule has 0 saturated carbocycles. The van der Waals surface area contributed by atoms with Gasteiger partial charge in [0.15, 0.2) is 5.58 Å². The molecule has 178 valence electrons. The number of ether oxygens (including phenoxy) is 1. The molecule has 5 aromatic heterocycles. The van der Waals surface area contributed by atoms with Crippen LogP contribution in [0, 0.1) is 0 Å². The van der Waals surface area contributed by atoms with E-state index < -0.39 is 0 Å². The summed E-state index contributed by atoms with van der Waals surface area (Å²) in [6, 6.07) is 5.90. The van der Waals surface area contributed by atoms with Crippen LogP contribution in [0.3, 0.4) is 0 Å². The van der Waals surface area contributed by atoms with E-state index >= 15 is 0 Å². The Labute approximate surface area is 201 Å². The fourth-order valence-corrected chi connectivity index (χ4v) is 4.75. The van der Waals surface area contributed by atoms with E-state index in [1.807, 2.05) is 31.4 Å². The number of nitrogens with zero attached hydrogens (tertiary/aromatic N) is 6. The fraction of sp³-hybridized carbons (Fsp3) is 0.346. The summed E-state index contributed by atoms with van der Waals surface area (Å²) in [4.78, 5) is 26.9. The van der Waals surface area contributed by atoms with Gasteiger partial charge in [0.05, 0.1) is 17.7 Å². The van der Waals surface area contributed by atoms with E-state index in [1.54, 1.807) is 27.8 Å². The zero-order valence-electron chi connectivity index (χ0n) is 19.8. The Balaban J connectivity index is 1.56. The highest BCUT2D eigenvalue weighted by Gasteiger charge is 2.23. The molecule has 6 heterocycles. The second-order valence-corrected chi connectivity index (χ2v) is 8.97. The number of aryl methyl sites for hydroxylation is 3. The quantitative estimate of drug-likeness (QED) is 0.368. The average molecular weight is 471 g/mol. The number of rotatable bonds is 6. The number of pyridine rings is 2. The average Bonchev–Trinajstić information content (AvgIpc) is 3.63. The molecule has 0 aliphatic carbocycles. The van der Waals surface area contributed by atoms with Crippen LogP contribution in [0.4, 0.5) is 0 Å². The van der Waals surface area contributed by atoms with E-state index in [-0.39, 0.29) is 11.8 Å². The number of hydrogen-bond donors (Lipinski definition) is 0. The highest BCUT2D eigenvalue weighted by Crippen LogP contribution is 2.35. The second-order valence-electron chi connectivity index (χ2n) is 8.97. The summed E-state index contributed by atoms with van der Waals surface area (Å²) in [6.45, 7) is 3.32. The monoisotopic (exact) mass is 470 g/mol. The molecule has 9 nitrogen and oxygen atoms in total. The van der Waals surface area contributed by atoms with Crippen molar-refractivity contribution in [3.63, 3.8) is 0 Å². The highest BCUT2D eigenvalue weighted by atomic mass is 16.5. The van der Waals surface area contributed by atoms with Crippen LogP contribution in [0.15, 0.2) is 52.2 Å². The van der Waals surface area contributed by atoms with E-state index in [2.05, 4.69) is 27.0 Å². The molecule has 6 rings (SSSR count). The van der Waals surface area contributed by atoms with E-state index in [1.165, 1.54) is 0 Å². The Morgan fingerprint density at radius 3 is 2.71 bits per heavy atom. The number of furan rings is 1. The van der Waals surface area contributed by atoms with Crippen molar-refractivity contribution in [2.24, 2.45) is 7.05 Å². The van der Waals surface area contributed by atoms with Gasteiger partial charge in [-0.1, -0.05) is 6.92 Å². The lowest BCUT2D eigenvalue weighted by molar-refractivity contribution is 0.100. The van der Waals surface area contributed by atoms with Crippen molar-refractivity contribution in [1.29, 1.82) is 0 Å². The van der Waals surface area contributed by atoms with Gasteiger partial charge in [-0.2, -0.15) is 10.1 Å². The summed E-state index contributed by atoms with van der Waals surface area (Å²) in [5.41, 5.74) is 5.42. The smallest absolute Gasteiger partial charge is 0.348 e. The first-order valence-electron chi connectivity index (χ1n) is 12.0. The van der Waals surface area contributed by atoms with Gasteiger partial charge in [-0.05, 0) is 43.9 Å². The summed E-state index contributed by atoms with van der Waals surface area (Å²) >= 11 is 0. The standard InChI is InChI=1S/C26H26N6O3/c1-3-19-7-6-16(12-27-19)22-24-23(32(26(33)30-22)9-8-20-5-4-10-34-20)21-11-17(13-28-25(21)35-24)18-14-29-31(2)15-18/h6-7,11-15,20H,3-5,8-10H2,1-2H3. The predicted octanol–water partition coefficient (Wildman–Crippen LogP) is 4.13. The number of aromatic nitrogens is 6. The van der Waals surface area contributed by atoms with Crippen LogP contribution in [-0.2, 0) is 24.8 Å². The molecule has 0 bridgehead atoms. The Hall–Kier alpha value is -3.85. The van der Waals surface area contributed by atoms with Crippen LogP contribution in [-0.4, -0.2) is 42.0 Å². The molecule has 35 heavy (non-hydrogen) atoms. The Bertz CT molecular complexity index is 1580. The maximum absolute atomic E-state index is 13.4. The second kappa shape index (κ2) is 8.74. The molecule has 1 aliphatic rings. The van der Waals surface area contributed by atoms with Gasteiger partial charge < -0.3 is 9.15 Å². The third kappa shape index (κ3) is 3.91. The van der Waals surface area contributed by atoms with Gasteiger partial charge in [0.2, 0.25) is 5.71 Å². The van der Waals surface area contributed by atoms with Gasteiger partial charge in [0, 0.05) is 61.2 Å². The van der Waals surface area contributed by atoms with Gasteiger partial charge in [0.1, 0.15) is 11.2 Å². The summed E-state index contributed by atoms with van der Waals surface area (Å²) in [6.07, 6.45) is 11.0. The van der Waals surface area contributed by atoms with Crippen molar-refractivity contribution in [3.05, 3.63) is 59.2 Å². The third-order valence-electron chi connectivity index (χ3n) is 6.64. The van der Waals surface area contributed by atoms with Crippen molar-refractivity contribution >= 4 is 22.2 Å². The molecule has 1 unspecified atom stereocenters. The molecule has 0 spiro atoms. The summed E-state index contributed by atoms with van der Waals surface area (Å²) in [7, 11) is 1.88. The molecule has 0 N–H and O–H groups in total. The van der Waals surface area contributed by atoms with Gasteiger partial charge in [0.25, 0.3) is 0 Å². The minimum Gasteiger partial charge on any atom is -0.434 e. The maximum atomic E-state index is 13.4. The third-order valence-corrected chi connectivity index (χ3v) is 6.64. The molecule has 1 fully saturated rings. The lowest BCUT2D eigenvalue weighted by Gasteiger charge is -2.12. The molecule has 9 heteroatoms. The molecular weight excluding hydrogens is 444 g/mol. The number of fused-ring (bicyclic) bond motifs is 3. The van der Waals surface area contributed by atoms with Crippen molar-refractivity contribution in [3.8, 4) is 22.4 Å². The van der Waals surface area contributed by atoms with Gasteiger partial charge in [-0.3, -0.25) is 14.2 Å². The minimum atomic E-state index is -0.320. The summed E-state index contributed by atoms with van der Waals surface area (Å²) in [5.74, 6) is 0. The predicted molar refractivity (Wildman–Crippen MR) is 132 cm³/mol. The fourth-order valence-electron chi connectivity index (χ4n) is 4.75. The van der Waals surface area contributed by atoms with Gasteiger partial charge in [-0.25, -0.2) is 9.78 Å². The van der Waals surface area contributed by atoms with Crippen molar-refractivity contribution in [2.45, 2.75) is 45.3 Å². The maximum Gasteiger partial charge on any atom is 0.348 e. The first-order valence-corrected chi connectivity index (χ1v) is 12.0. The largest absolute Gasteiger partial charge is 0.434 e. The summed E-state index contributed by atoms with van der Waals surface area (Å²) in [5, 5.41) is 5.05. The molecule has 0 aromatic carbocycles. The molecule has 0 amide bonds. The number of hydrogen-bond acceptors (Lipinski definition) is 7. The van der Waals surface area contributed by atoms with E-state index in [0.29, 0.717) is 29.1 Å². The molecule has 1 atom stereocenters. The zero-order chi connectivity index (χ0) is 23.9. The van der Waals surface area contributed by atoms with Gasteiger partial charge >= 0.3 is 5.69 Å². The van der Waals surface area contributed by atoms with Crippen LogP contribution < -0.4 is 5.69 Å². The SMILES string of the molecule is CCc1ccc(-c2nc(=O)n(CCC3CCCO3)c3c2oc2ncc(-c4cnn(C)c4)cc23)cn1. The normalized spacial score (nSPS) is 16.0. The van der Waals surface area contributed by atoms with Crippen molar-refractivity contribution in [1.82, 2.24) is 29.3 Å². The highest BCUT2D eigenvalue weighted by molar-refractivity contribution is 6.06. The first kappa shape index (κ1) is 21.7. The minimum absolute atomic E-state index is 0.157. The van der Waals surface area contributed by atoms with Crippen molar-refractivity contribution < 1.29 is 9.15 Å². The van der Waals surface area contributed by atoms with Crippen LogP contribution >= 0.6 is 0 Å². The topological polar surface area (TPSA) is 101 Å². The Kier molecular flexibility index (Phi) is 5.41. The molecular formula is C26H26N6O3. The summed E-state index contributed by atoms with van der Waals surface area (Å²) < 4.78 is 15.5. The van der Waals surface area contributed by atoms with E-state index in [4.69, 9.17) is 9.15 Å². The van der Waals surface area contributed by atoms with Crippen LogP contribution in [0.1, 0.15) is 31.9 Å². The zero-order valence-corrected chi connectivity index (χ0v) is 19.8. The Morgan fingerprint density at radius 1 is 1.11 bits per heavy atom. The Morgan fingerprint density at radius 2 is 2.00 bits per heavy atom. The lowest BCUT2D eigenvalue weighted by atomic mass is 10.1. The van der Waals surface area contributed by atoms with Crippen molar-refractivity contribution in [2.75, 3.05) is 6.61 Å². The van der Waals surface area contributed by atoms with Crippen LogP contribution in [0.25, 0.3) is 44.6 Å². The van der Waals surface area contributed by atoms with E-state index in [0.717, 1.165) is 60.1 Å². The molecule has 5 aromatic rings. The molecule has 0 radical (unpaired) electrons. The van der Waals surface area contributed by atoms with Crippen LogP contribution in [0.5, 0.6) is 0 Å². The molecule has 1 aliphatic heterocycles. The van der Waals surface area contributed by atoms with Gasteiger partial charge in [-0.15, -0.1) is 0 Å². The van der Waals surface area contributed by atoms with E-state index in [9.17, 15) is 4.79 Å².